The smallest absolute Gasteiger partial charge is 0.0929 e. The van der Waals surface area contributed by atoms with Crippen molar-refractivity contribution in [2.45, 2.75) is 39.5 Å². The molecule has 0 radical (unpaired) electrons. The molecule has 0 amide bonds. The van der Waals surface area contributed by atoms with Gasteiger partial charge in [0.15, 0.2) is 0 Å². The first-order valence-corrected chi connectivity index (χ1v) is 8.26. The maximum atomic E-state index is 2.57. The average molecular weight is 267 g/mol. The molecule has 2 heterocycles. The Kier molecular flexibility index (Phi) is 4.86. The normalized spacial score (nSPS) is 11.2. The van der Waals surface area contributed by atoms with E-state index in [9.17, 15) is 0 Å². The van der Waals surface area contributed by atoms with Crippen LogP contribution in [0.15, 0.2) is 17.5 Å². The lowest BCUT2D eigenvalue weighted by molar-refractivity contribution is 0.682. The van der Waals surface area contributed by atoms with Crippen LogP contribution in [0.1, 0.15) is 39.5 Å². The topological polar surface area (TPSA) is 3.24 Å². The number of hydrogen-bond acceptors (Lipinski definition) is 3. The van der Waals surface area contributed by atoms with Crippen molar-refractivity contribution in [2.24, 2.45) is 0 Å². The van der Waals surface area contributed by atoms with Gasteiger partial charge in [0, 0.05) is 22.5 Å². The largest absolute Gasteiger partial charge is 0.363 e. The van der Waals surface area contributed by atoms with Crippen molar-refractivity contribution in [2.75, 3.05) is 18.0 Å². The Bertz CT molecular complexity index is 407. The summed E-state index contributed by atoms with van der Waals surface area (Å²) in [6, 6.07) is 4.61. The van der Waals surface area contributed by atoms with Crippen molar-refractivity contribution >= 4 is 37.1 Å². The van der Waals surface area contributed by atoms with Crippen LogP contribution in [0.5, 0.6) is 0 Å². The van der Waals surface area contributed by atoms with Crippen molar-refractivity contribution in [1.82, 2.24) is 0 Å². The summed E-state index contributed by atoms with van der Waals surface area (Å²) >= 11 is 3.81. The van der Waals surface area contributed by atoms with Gasteiger partial charge in [0.25, 0.3) is 0 Å². The zero-order valence-electron chi connectivity index (χ0n) is 10.7. The van der Waals surface area contributed by atoms with Gasteiger partial charge in [-0.2, -0.15) is 0 Å². The molecule has 0 saturated carbocycles. The lowest BCUT2D eigenvalue weighted by atomic mass is 10.2. The van der Waals surface area contributed by atoms with E-state index in [1.807, 2.05) is 22.7 Å². The fraction of sp³-hybridized carbons (Fsp3) is 0.571. The molecule has 0 atom stereocenters. The number of unbranched alkanes of at least 4 members (excludes halogenated alkanes) is 2. The minimum atomic E-state index is 1.21. The molecule has 2 aromatic heterocycles. The highest BCUT2D eigenvalue weighted by Gasteiger charge is 2.10. The van der Waals surface area contributed by atoms with Gasteiger partial charge in [-0.1, -0.05) is 26.7 Å². The third kappa shape index (κ3) is 3.23. The number of thiophene rings is 2. The fourth-order valence-electron chi connectivity index (χ4n) is 1.94. The van der Waals surface area contributed by atoms with Crippen LogP contribution in [-0.4, -0.2) is 13.1 Å². The van der Waals surface area contributed by atoms with Gasteiger partial charge < -0.3 is 4.90 Å². The van der Waals surface area contributed by atoms with Crippen molar-refractivity contribution < 1.29 is 0 Å². The highest BCUT2D eigenvalue weighted by Crippen LogP contribution is 2.35. The zero-order chi connectivity index (χ0) is 12.1. The molecule has 0 unspecified atom stereocenters. The molecule has 0 N–H and O–H groups in total. The van der Waals surface area contributed by atoms with E-state index in [0.29, 0.717) is 0 Å². The standard InChI is InChI=1S/C14H21NS2/c1-3-5-8-15(9-6-4-2)14-11-13-12(17-14)7-10-16-13/h7,10-11H,3-6,8-9H2,1-2H3. The lowest BCUT2D eigenvalue weighted by Crippen LogP contribution is -2.24. The number of hydrogen-bond donors (Lipinski definition) is 0. The van der Waals surface area contributed by atoms with E-state index in [-0.39, 0.29) is 0 Å². The van der Waals surface area contributed by atoms with Crippen LogP contribution in [0, 0.1) is 0 Å². The molecule has 2 aromatic rings. The first-order valence-electron chi connectivity index (χ1n) is 6.57. The first-order chi connectivity index (χ1) is 8.35. The third-order valence-corrected chi connectivity index (χ3v) is 5.16. The molecule has 0 aliphatic rings. The van der Waals surface area contributed by atoms with Crippen LogP contribution in [0.4, 0.5) is 5.00 Å². The van der Waals surface area contributed by atoms with Gasteiger partial charge in [-0.15, -0.1) is 22.7 Å². The molecule has 2 rings (SSSR count). The molecule has 0 saturated heterocycles. The molecule has 0 bridgehead atoms. The third-order valence-electron chi connectivity index (χ3n) is 3.00. The van der Waals surface area contributed by atoms with E-state index in [2.05, 4.69) is 36.3 Å². The molecule has 17 heavy (non-hydrogen) atoms. The van der Waals surface area contributed by atoms with Gasteiger partial charge in [-0.3, -0.25) is 0 Å². The summed E-state index contributed by atoms with van der Waals surface area (Å²) in [6.45, 7) is 6.96. The Labute approximate surface area is 112 Å². The van der Waals surface area contributed by atoms with E-state index < -0.39 is 0 Å². The summed E-state index contributed by atoms with van der Waals surface area (Å²) in [5.74, 6) is 0. The summed E-state index contributed by atoms with van der Waals surface area (Å²) in [7, 11) is 0. The van der Waals surface area contributed by atoms with E-state index in [1.165, 1.54) is 53.2 Å². The second-order valence-corrected chi connectivity index (χ2v) is 6.44. The van der Waals surface area contributed by atoms with E-state index in [4.69, 9.17) is 0 Å². The van der Waals surface area contributed by atoms with E-state index in [1.54, 1.807) is 0 Å². The zero-order valence-corrected chi connectivity index (χ0v) is 12.4. The maximum Gasteiger partial charge on any atom is 0.0929 e. The fourth-order valence-corrected chi connectivity index (χ4v) is 4.09. The van der Waals surface area contributed by atoms with Crippen molar-refractivity contribution in [3.63, 3.8) is 0 Å². The van der Waals surface area contributed by atoms with Crippen LogP contribution in [0.25, 0.3) is 9.40 Å². The van der Waals surface area contributed by atoms with E-state index >= 15 is 0 Å². The van der Waals surface area contributed by atoms with Gasteiger partial charge in [-0.25, -0.2) is 0 Å². The number of fused-ring (bicyclic) bond motifs is 1. The van der Waals surface area contributed by atoms with Gasteiger partial charge in [0.1, 0.15) is 0 Å². The number of rotatable bonds is 7. The Morgan fingerprint density at radius 1 is 1.06 bits per heavy atom. The van der Waals surface area contributed by atoms with Gasteiger partial charge >= 0.3 is 0 Å². The van der Waals surface area contributed by atoms with Gasteiger partial charge in [0.05, 0.1) is 5.00 Å². The molecule has 0 spiro atoms. The second kappa shape index (κ2) is 6.41. The molecule has 0 aliphatic heterocycles. The highest BCUT2D eigenvalue weighted by atomic mass is 32.1. The predicted octanol–water partition coefficient (Wildman–Crippen LogP) is 5.37. The van der Waals surface area contributed by atoms with E-state index in [0.717, 1.165) is 0 Å². The minimum absolute atomic E-state index is 1.21. The molecular formula is C14H21NS2. The summed E-state index contributed by atoms with van der Waals surface area (Å²) in [5, 5.41) is 3.65. The van der Waals surface area contributed by atoms with Crippen molar-refractivity contribution in [3.8, 4) is 0 Å². The quantitative estimate of drug-likeness (QED) is 0.652. The molecular weight excluding hydrogens is 246 g/mol. The summed E-state index contributed by atoms with van der Waals surface area (Å²) in [5.41, 5.74) is 0. The molecule has 1 nitrogen and oxygen atoms in total. The SMILES string of the molecule is CCCCN(CCCC)c1cc2sccc2s1. The monoisotopic (exact) mass is 267 g/mol. The molecule has 3 heteroatoms. The lowest BCUT2D eigenvalue weighted by Gasteiger charge is -2.22. The molecule has 0 fully saturated rings. The van der Waals surface area contributed by atoms with Crippen molar-refractivity contribution in [3.05, 3.63) is 17.5 Å². The number of nitrogens with zero attached hydrogens (tertiary/aromatic N) is 1. The maximum absolute atomic E-state index is 2.57. The average Bonchev–Trinajstić information content (AvgIpc) is 2.89. The predicted molar refractivity (Wildman–Crippen MR) is 81.7 cm³/mol. The first kappa shape index (κ1) is 12.9. The van der Waals surface area contributed by atoms with Crippen LogP contribution in [0.3, 0.4) is 0 Å². The Hall–Kier alpha value is -0.540. The number of anilines is 1. The Morgan fingerprint density at radius 3 is 2.35 bits per heavy atom. The summed E-state index contributed by atoms with van der Waals surface area (Å²) < 4.78 is 2.89. The highest BCUT2D eigenvalue weighted by molar-refractivity contribution is 7.29. The van der Waals surface area contributed by atoms with Gasteiger partial charge in [-0.05, 0) is 30.4 Å². The van der Waals surface area contributed by atoms with Crippen molar-refractivity contribution in [1.29, 1.82) is 0 Å². The van der Waals surface area contributed by atoms with Crippen LogP contribution >= 0.6 is 22.7 Å². The molecule has 0 aromatic carbocycles. The minimum Gasteiger partial charge on any atom is -0.363 e. The van der Waals surface area contributed by atoms with Crippen LogP contribution in [-0.2, 0) is 0 Å². The van der Waals surface area contributed by atoms with Gasteiger partial charge in [0.2, 0.25) is 0 Å². The molecule has 0 aliphatic carbocycles. The second-order valence-electron chi connectivity index (χ2n) is 4.43. The summed E-state index contributed by atoms with van der Waals surface area (Å²) in [4.78, 5) is 2.57. The van der Waals surface area contributed by atoms with Crippen LogP contribution in [0.2, 0.25) is 0 Å². The summed E-state index contributed by atoms with van der Waals surface area (Å²) in [6.07, 6.45) is 5.16. The molecule has 94 valence electrons. The Morgan fingerprint density at radius 2 is 1.76 bits per heavy atom. The Balaban J connectivity index is 2.10. The van der Waals surface area contributed by atoms with Crippen LogP contribution < -0.4 is 4.90 Å².